The fourth-order valence-corrected chi connectivity index (χ4v) is 2.93. The van der Waals surface area contributed by atoms with Gasteiger partial charge in [0, 0.05) is 10.4 Å². The van der Waals surface area contributed by atoms with Gasteiger partial charge in [-0.3, -0.25) is 9.59 Å². The molecule has 0 saturated heterocycles. The number of thiophene rings is 1. The zero-order chi connectivity index (χ0) is 15.9. The van der Waals surface area contributed by atoms with Crippen molar-refractivity contribution in [3.05, 3.63) is 52.2 Å². The van der Waals surface area contributed by atoms with Crippen LogP contribution >= 0.6 is 11.3 Å². The highest BCUT2D eigenvalue weighted by Crippen LogP contribution is 2.23. The Morgan fingerprint density at radius 1 is 1.27 bits per heavy atom. The zero-order valence-electron chi connectivity index (χ0n) is 12.1. The molecular weight excluding hydrogens is 302 g/mol. The van der Waals surface area contributed by atoms with Gasteiger partial charge in [-0.05, 0) is 17.5 Å². The molecule has 0 fully saturated rings. The van der Waals surface area contributed by atoms with E-state index in [-0.39, 0.29) is 18.7 Å². The molecule has 6 heteroatoms. The summed E-state index contributed by atoms with van der Waals surface area (Å²) in [7, 11) is 1.55. The lowest BCUT2D eigenvalue weighted by molar-refractivity contribution is -0.137. The maximum absolute atomic E-state index is 12.2. The summed E-state index contributed by atoms with van der Waals surface area (Å²) in [5.74, 6) is -0.538. The van der Waals surface area contributed by atoms with E-state index in [9.17, 15) is 9.59 Å². The van der Waals surface area contributed by atoms with E-state index >= 15 is 0 Å². The highest BCUT2D eigenvalue weighted by Gasteiger charge is 2.19. The minimum absolute atomic E-state index is 0.141. The van der Waals surface area contributed by atoms with E-state index in [1.54, 1.807) is 13.2 Å². The third-order valence-electron chi connectivity index (χ3n) is 3.14. The summed E-state index contributed by atoms with van der Waals surface area (Å²) >= 11 is 1.43. The first-order chi connectivity index (χ1) is 10.6. The molecule has 0 spiro atoms. The lowest BCUT2D eigenvalue weighted by atomic mass is 10.1. The van der Waals surface area contributed by atoms with E-state index in [0.717, 1.165) is 10.4 Å². The summed E-state index contributed by atoms with van der Waals surface area (Å²) in [5, 5.41) is 13.6. The van der Waals surface area contributed by atoms with Crippen LogP contribution in [0.1, 0.15) is 22.9 Å². The molecular formula is C16H17NO4S. The number of nitrogens with one attached hydrogen (secondary N) is 1. The molecule has 1 atom stereocenters. The second-order valence-electron chi connectivity index (χ2n) is 4.72. The molecule has 1 aromatic heterocycles. The summed E-state index contributed by atoms with van der Waals surface area (Å²) in [6, 6.07) is 10.4. The van der Waals surface area contributed by atoms with Crippen LogP contribution < -0.4 is 10.1 Å². The fourth-order valence-electron chi connectivity index (χ4n) is 2.15. The van der Waals surface area contributed by atoms with Crippen LogP contribution in [0.4, 0.5) is 0 Å². The molecule has 0 radical (unpaired) electrons. The van der Waals surface area contributed by atoms with Crippen molar-refractivity contribution in [3.63, 3.8) is 0 Å². The Labute approximate surface area is 132 Å². The molecule has 1 aromatic carbocycles. The number of carbonyl (C=O) groups is 2. The molecule has 0 aliphatic rings. The van der Waals surface area contributed by atoms with Gasteiger partial charge in [0.05, 0.1) is 26.0 Å². The van der Waals surface area contributed by atoms with E-state index in [1.165, 1.54) is 11.3 Å². The molecule has 0 aliphatic heterocycles. The Kier molecular flexibility index (Phi) is 5.55. The van der Waals surface area contributed by atoms with E-state index < -0.39 is 12.0 Å². The number of amides is 1. The van der Waals surface area contributed by atoms with Gasteiger partial charge in [0.25, 0.3) is 0 Å². The molecule has 0 bridgehead atoms. The van der Waals surface area contributed by atoms with Crippen molar-refractivity contribution in [2.45, 2.75) is 18.9 Å². The first-order valence-electron chi connectivity index (χ1n) is 6.76. The van der Waals surface area contributed by atoms with Crippen molar-refractivity contribution >= 4 is 23.2 Å². The number of ether oxygens (including phenoxy) is 1. The summed E-state index contributed by atoms with van der Waals surface area (Å²) in [6.07, 6.45) is 0.00366. The zero-order valence-corrected chi connectivity index (χ0v) is 12.9. The molecule has 1 heterocycles. The molecule has 0 saturated carbocycles. The molecule has 116 valence electrons. The van der Waals surface area contributed by atoms with Crippen molar-refractivity contribution < 1.29 is 19.4 Å². The van der Waals surface area contributed by atoms with Crippen LogP contribution in [0.5, 0.6) is 5.75 Å². The highest BCUT2D eigenvalue weighted by molar-refractivity contribution is 7.10. The van der Waals surface area contributed by atoms with Gasteiger partial charge in [0.15, 0.2) is 0 Å². The smallest absolute Gasteiger partial charge is 0.305 e. The Morgan fingerprint density at radius 3 is 2.68 bits per heavy atom. The van der Waals surface area contributed by atoms with Crippen molar-refractivity contribution in [2.75, 3.05) is 7.11 Å². The molecule has 2 rings (SSSR count). The summed E-state index contributed by atoms with van der Waals surface area (Å²) in [6.45, 7) is 0. The van der Waals surface area contributed by atoms with E-state index in [0.29, 0.717) is 5.75 Å². The summed E-state index contributed by atoms with van der Waals surface area (Å²) < 4.78 is 5.22. The summed E-state index contributed by atoms with van der Waals surface area (Å²) in [5.41, 5.74) is 0.766. The quantitative estimate of drug-likeness (QED) is 0.822. The fraction of sp³-hybridized carbons (Fsp3) is 0.250. The van der Waals surface area contributed by atoms with Crippen molar-refractivity contribution in [1.29, 1.82) is 0 Å². The Balaban J connectivity index is 2.06. The number of para-hydroxylation sites is 1. The third kappa shape index (κ3) is 4.33. The summed E-state index contributed by atoms with van der Waals surface area (Å²) in [4.78, 5) is 24.0. The van der Waals surface area contributed by atoms with Gasteiger partial charge in [0.1, 0.15) is 5.75 Å². The Bertz CT molecular complexity index is 639. The SMILES string of the molecule is COc1ccccc1CC(=O)N[C@@H](CC(=O)O)c1cccs1. The topological polar surface area (TPSA) is 75.6 Å². The van der Waals surface area contributed by atoms with Gasteiger partial charge < -0.3 is 15.2 Å². The minimum atomic E-state index is -0.948. The largest absolute Gasteiger partial charge is 0.496 e. The van der Waals surface area contributed by atoms with Crippen LogP contribution in [-0.4, -0.2) is 24.1 Å². The monoisotopic (exact) mass is 319 g/mol. The number of benzene rings is 1. The number of carbonyl (C=O) groups excluding carboxylic acids is 1. The predicted molar refractivity (Wildman–Crippen MR) is 84.2 cm³/mol. The number of carboxylic acids is 1. The number of carboxylic acid groups (broad SMARTS) is 1. The molecule has 2 N–H and O–H groups in total. The third-order valence-corrected chi connectivity index (χ3v) is 4.13. The lowest BCUT2D eigenvalue weighted by Crippen LogP contribution is -2.31. The standard InChI is InChI=1S/C16H17NO4S/c1-21-13-6-3-2-5-11(13)9-15(18)17-12(10-16(19)20)14-7-4-8-22-14/h2-8,12H,9-10H2,1H3,(H,17,18)(H,19,20)/t12-/m0/s1. The molecule has 0 aliphatic carbocycles. The minimum Gasteiger partial charge on any atom is -0.496 e. The van der Waals surface area contributed by atoms with Crippen LogP contribution in [0, 0.1) is 0 Å². The second-order valence-corrected chi connectivity index (χ2v) is 5.70. The van der Waals surface area contributed by atoms with Crippen molar-refractivity contribution in [1.82, 2.24) is 5.32 Å². The predicted octanol–water partition coefficient (Wildman–Crippen LogP) is 2.63. The maximum Gasteiger partial charge on any atom is 0.305 e. The van der Waals surface area contributed by atoms with Crippen molar-refractivity contribution in [3.8, 4) is 5.75 Å². The molecule has 0 unspecified atom stereocenters. The number of hydrogen-bond acceptors (Lipinski definition) is 4. The van der Waals surface area contributed by atoms with Crippen LogP contribution in [0.15, 0.2) is 41.8 Å². The Hall–Kier alpha value is -2.34. The molecule has 1 amide bonds. The van der Waals surface area contributed by atoms with Crippen LogP contribution in [0.3, 0.4) is 0 Å². The molecule has 22 heavy (non-hydrogen) atoms. The van der Waals surface area contributed by atoms with E-state index in [1.807, 2.05) is 35.7 Å². The van der Waals surface area contributed by atoms with E-state index in [4.69, 9.17) is 9.84 Å². The molecule has 5 nitrogen and oxygen atoms in total. The maximum atomic E-state index is 12.2. The molecule has 2 aromatic rings. The number of methoxy groups -OCH3 is 1. The normalized spacial score (nSPS) is 11.7. The first kappa shape index (κ1) is 16.0. The highest BCUT2D eigenvalue weighted by atomic mass is 32.1. The number of hydrogen-bond donors (Lipinski definition) is 2. The van der Waals surface area contributed by atoms with Gasteiger partial charge in [0.2, 0.25) is 5.91 Å². The second kappa shape index (κ2) is 7.61. The average Bonchev–Trinajstić information content (AvgIpc) is 3.01. The lowest BCUT2D eigenvalue weighted by Gasteiger charge is -2.16. The van der Waals surface area contributed by atoms with Crippen LogP contribution in [0.25, 0.3) is 0 Å². The van der Waals surface area contributed by atoms with Crippen LogP contribution in [-0.2, 0) is 16.0 Å². The van der Waals surface area contributed by atoms with Crippen LogP contribution in [0.2, 0.25) is 0 Å². The Morgan fingerprint density at radius 2 is 2.05 bits per heavy atom. The first-order valence-corrected chi connectivity index (χ1v) is 7.64. The van der Waals surface area contributed by atoms with Crippen molar-refractivity contribution in [2.24, 2.45) is 0 Å². The van der Waals surface area contributed by atoms with Gasteiger partial charge in [-0.2, -0.15) is 0 Å². The number of aliphatic carboxylic acids is 1. The average molecular weight is 319 g/mol. The number of rotatable bonds is 7. The van der Waals surface area contributed by atoms with Gasteiger partial charge in [-0.15, -0.1) is 11.3 Å². The van der Waals surface area contributed by atoms with E-state index in [2.05, 4.69) is 5.32 Å². The van der Waals surface area contributed by atoms with Gasteiger partial charge in [-0.1, -0.05) is 24.3 Å². The van der Waals surface area contributed by atoms with Gasteiger partial charge >= 0.3 is 5.97 Å². The van der Waals surface area contributed by atoms with Gasteiger partial charge in [-0.25, -0.2) is 0 Å².